The van der Waals surface area contributed by atoms with Crippen LogP contribution in [0.15, 0.2) is 53.5 Å². The predicted molar refractivity (Wildman–Crippen MR) is 122 cm³/mol. The number of fused-ring (bicyclic) bond motifs is 3. The standard InChI is InChI=1S/C26H22O8/c1-12-22(30)20(16(28)10-7-14-5-8-15(33-4)9-6-14)24-21(23(12)31)26(3)18(34-24)11-17(29)19(13(2)27)25(26)32/h5-11,29-31H,1-4H3/b10-7+/t26-/m1/s1. The van der Waals surface area contributed by atoms with Crippen LogP contribution in [-0.4, -0.2) is 39.8 Å². The smallest absolute Gasteiger partial charge is 0.193 e. The van der Waals surface area contributed by atoms with Gasteiger partial charge in [-0.3, -0.25) is 14.4 Å². The van der Waals surface area contributed by atoms with Gasteiger partial charge in [0.25, 0.3) is 0 Å². The number of methoxy groups -OCH3 is 1. The fourth-order valence-electron chi connectivity index (χ4n) is 4.23. The van der Waals surface area contributed by atoms with E-state index in [2.05, 4.69) is 0 Å². The molecule has 0 fully saturated rings. The lowest BCUT2D eigenvalue weighted by atomic mass is 9.71. The van der Waals surface area contributed by atoms with Gasteiger partial charge >= 0.3 is 0 Å². The van der Waals surface area contributed by atoms with Crippen LogP contribution in [0.2, 0.25) is 0 Å². The maximum absolute atomic E-state index is 13.3. The number of benzene rings is 2. The quantitative estimate of drug-likeness (QED) is 0.347. The lowest BCUT2D eigenvalue weighted by molar-refractivity contribution is -0.123. The Hall–Kier alpha value is -4.33. The first-order chi connectivity index (χ1) is 16.0. The molecule has 34 heavy (non-hydrogen) atoms. The topological polar surface area (TPSA) is 130 Å². The Balaban J connectivity index is 1.85. The van der Waals surface area contributed by atoms with Crippen molar-refractivity contribution in [2.24, 2.45) is 0 Å². The second-order valence-corrected chi connectivity index (χ2v) is 8.25. The normalized spacial score (nSPS) is 18.9. The zero-order chi connectivity index (χ0) is 24.9. The van der Waals surface area contributed by atoms with Crippen LogP contribution in [0.4, 0.5) is 0 Å². The van der Waals surface area contributed by atoms with E-state index in [0.29, 0.717) is 11.3 Å². The lowest BCUT2D eigenvalue weighted by Crippen LogP contribution is -2.38. The van der Waals surface area contributed by atoms with Gasteiger partial charge < -0.3 is 24.8 Å². The first-order valence-electron chi connectivity index (χ1n) is 10.4. The number of hydrogen-bond acceptors (Lipinski definition) is 8. The van der Waals surface area contributed by atoms with E-state index >= 15 is 0 Å². The molecule has 0 amide bonds. The van der Waals surface area contributed by atoms with Crippen molar-refractivity contribution in [3.63, 3.8) is 0 Å². The Kier molecular flexibility index (Phi) is 5.32. The molecule has 1 aliphatic carbocycles. The van der Waals surface area contributed by atoms with Crippen LogP contribution in [0, 0.1) is 6.92 Å². The summed E-state index contributed by atoms with van der Waals surface area (Å²) < 4.78 is 10.9. The second-order valence-electron chi connectivity index (χ2n) is 8.25. The SMILES string of the molecule is COc1ccc(/C=C/C(=O)c2c(O)c(C)c(O)c3c2OC2=CC(O)=C(C(C)=O)C(=O)[C@]23C)cc1. The monoisotopic (exact) mass is 462 g/mol. The maximum atomic E-state index is 13.3. The van der Waals surface area contributed by atoms with Crippen LogP contribution in [-0.2, 0) is 15.0 Å². The minimum absolute atomic E-state index is 0.0260. The Morgan fingerprint density at radius 2 is 1.74 bits per heavy atom. The van der Waals surface area contributed by atoms with Crippen molar-refractivity contribution in [1.82, 2.24) is 0 Å². The molecule has 0 aromatic heterocycles. The third-order valence-corrected chi connectivity index (χ3v) is 6.19. The molecule has 3 N–H and O–H groups in total. The molecule has 2 aliphatic rings. The van der Waals surface area contributed by atoms with Gasteiger partial charge in [0, 0.05) is 11.6 Å². The molecule has 1 atom stereocenters. The molecule has 2 aromatic rings. The van der Waals surface area contributed by atoms with Crippen molar-refractivity contribution in [2.75, 3.05) is 7.11 Å². The van der Waals surface area contributed by atoms with Gasteiger partial charge in [-0.25, -0.2) is 0 Å². The molecular formula is C26H22O8. The van der Waals surface area contributed by atoms with E-state index in [-0.39, 0.29) is 28.2 Å². The number of aliphatic hydroxyl groups excluding tert-OH is 1. The molecule has 174 valence electrons. The molecule has 0 unspecified atom stereocenters. The lowest BCUT2D eigenvalue weighted by Gasteiger charge is -2.28. The second kappa shape index (κ2) is 7.91. The number of ketones is 3. The largest absolute Gasteiger partial charge is 0.507 e. The van der Waals surface area contributed by atoms with Gasteiger partial charge in [-0.05, 0) is 44.5 Å². The van der Waals surface area contributed by atoms with Crippen molar-refractivity contribution in [3.05, 3.63) is 75.8 Å². The summed E-state index contributed by atoms with van der Waals surface area (Å²) in [6, 6.07) is 6.93. The highest BCUT2D eigenvalue weighted by Crippen LogP contribution is 2.57. The van der Waals surface area contributed by atoms with Crippen molar-refractivity contribution in [3.8, 4) is 23.0 Å². The number of phenolic OH excluding ortho intramolecular Hbond substituents is 2. The molecule has 0 saturated heterocycles. The highest BCUT2D eigenvalue weighted by Gasteiger charge is 2.55. The molecule has 0 bridgehead atoms. The van der Waals surface area contributed by atoms with Crippen LogP contribution >= 0.6 is 0 Å². The number of hydrogen-bond donors (Lipinski definition) is 3. The average Bonchev–Trinajstić information content (AvgIpc) is 3.09. The van der Waals surface area contributed by atoms with Crippen molar-refractivity contribution in [2.45, 2.75) is 26.2 Å². The maximum Gasteiger partial charge on any atom is 0.193 e. The highest BCUT2D eigenvalue weighted by atomic mass is 16.5. The molecule has 8 heteroatoms. The van der Waals surface area contributed by atoms with E-state index in [1.54, 1.807) is 24.3 Å². The summed E-state index contributed by atoms with van der Waals surface area (Å²) in [5.74, 6) is -3.18. The van der Waals surface area contributed by atoms with Gasteiger partial charge in [0.05, 0.1) is 12.7 Å². The number of aliphatic hydroxyl groups is 1. The van der Waals surface area contributed by atoms with Gasteiger partial charge in [-0.1, -0.05) is 18.2 Å². The molecule has 4 rings (SSSR count). The number of Topliss-reactive ketones (excluding diaryl/α,β-unsaturated/α-hetero) is 2. The van der Waals surface area contributed by atoms with Gasteiger partial charge in [-0.2, -0.15) is 0 Å². The van der Waals surface area contributed by atoms with Crippen LogP contribution < -0.4 is 9.47 Å². The van der Waals surface area contributed by atoms with Crippen molar-refractivity contribution in [1.29, 1.82) is 0 Å². The van der Waals surface area contributed by atoms with Crippen molar-refractivity contribution >= 4 is 23.4 Å². The Labute approximate surface area is 195 Å². The van der Waals surface area contributed by atoms with Gasteiger partial charge in [0.1, 0.15) is 51.1 Å². The van der Waals surface area contributed by atoms with Crippen LogP contribution in [0.5, 0.6) is 23.0 Å². The molecule has 1 aliphatic heterocycles. The molecule has 1 heterocycles. The van der Waals surface area contributed by atoms with Crippen LogP contribution in [0.3, 0.4) is 0 Å². The molecule has 0 spiro atoms. The molecule has 8 nitrogen and oxygen atoms in total. The molecule has 0 saturated carbocycles. The number of rotatable bonds is 5. The van der Waals surface area contributed by atoms with E-state index in [1.807, 2.05) is 0 Å². The van der Waals surface area contributed by atoms with E-state index < -0.39 is 45.6 Å². The number of carbonyl (C=O) groups is 3. The molecule has 0 radical (unpaired) electrons. The average molecular weight is 462 g/mol. The predicted octanol–water partition coefficient (Wildman–Crippen LogP) is 3.83. The summed E-state index contributed by atoms with van der Waals surface area (Å²) in [5.41, 5.74) is -1.72. The van der Waals surface area contributed by atoms with Gasteiger partial charge in [-0.15, -0.1) is 0 Å². The number of allylic oxidation sites excluding steroid dienone is 4. The van der Waals surface area contributed by atoms with Gasteiger partial charge in [0.15, 0.2) is 17.3 Å². The minimum atomic E-state index is -1.67. The van der Waals surface area contributed by atoms with Crippen LogP contribution in [0.1, 0.15) is 40.9 Å². The van der Waals surface area contributed by atoms with E-state index in [4.69, 9.17) is 9.47 Å². The van der Waals surface area contributed by atoms with E-state index in [9.17, 15) is 29.7 Å². The summed E-state index contributed by atoms with van der Waals surface area (Å²) in [6.07, 6.45) is 3.88. The zero-order valence-electron chi connectivity index (χ0n) is 18.9. The van der Waals surface area contributed by atoms with Crippen molar-refractivity contribution < 1.29 is 39.2 Å². The fraction of sp³-hybridized carbons (Fsp3) is 0.192. The summed E-state index contributed by atoms with van der Waals surface area (Å²) in [5, 5.41) is 31.8. The Morgan fingerprint density at radius 1 is 1.09 bits per heavy atom. The van der Waals surface area contributed by atoms with E-state index in [0.717, 1.165) is 13.0 Å². The molecular weight excluding hydrogens is 440 g/mol. The summed E-state index contributed by atoms with van der Waals surface area (Å²) >= 11 is 0. The fourth-order valence-corrected chi connectivity index (χ4v) is 4.23. The third-order valence-electron chi connectivity index (χ3n) is 6.19. The highest BCUT2D eigenvalue weighted by molar-refractivity contribution is 6.26. The summed E-state index contributed by atoms with van der Waals surface area (Å²) in [4.78, 5) is 38.5. The first-order valence-corrected chi connectivity index (χ1v) is 10.4. The van der Waals surface area contributed by atoms with Crippen LogP contribution in [0.25, 0.3) is 6.08 Å². The number of ether oxygens (including phenoxy) is 2. The zero-order valence-corrected chi connectivity index (χ0v) is 18.9. The Bertz CT molecular complexity index is 1360. The number of carbonyl (C=O) groups excluding carboxylic acids is 3. The third kappa shape index (κ3) is 3.18. The van der Waals surface area contributed by atoms with Gasteiger partial charge in [0.2, 0.25) is 0 Å². The van der Waals surface area contributed by atoms with E-state index in [1.165, 1.54) is 33.1 Å². The Morgan fingerprint density at radius 3 is 2.32 bits per heavy atom. The molecule has 2 aromatic carbocycles. The first kappa shape index (κ1) is 22.8. The summed E-state index contributed by atoms with van der Waals surface area (Å²) in [6.45, 7) is 3.97. The number of aromatic hydroxyl groups is 2. The number of phenols is 2. The minimum Gasteiger partial charge on any atom is -0.507 e. The summed E-state index contributed by atoms with van der Waals surface area (Å²) in [7, 11) is 1.54.